The van der Waals surface area contributed by atoms with Crippen LogP contribution in [0.5, 0.6) is 0 Å². The number of fused-ring (bicyclic) bond motifs is 1. The molecule has 0 aliphatic carbocycles. The van der Waals surface area contributed by atoms with Gasteiger partial charge in [0.1, 0.15) is 6.04 Å². The maximum absolute atomic E-state index is 13.5. The molecule has 1 amide bonds. The SMILES string of the molecule is CCCCc1nc2n(c(=O)c1-c1ccc(-c3ccccc3-c3nnn[nH]3)cc1)C(C)C(=O)N2. The molecule has 9 heteroatoms. The summed E-state index contributed by atoms with van der Waals surface area (Å²) in [6.45, 7) is 3.81. The highest BCUT2D eigenvalue weighted by atomic mass is 16.2. The number of rotatable bonds is 6. The number of unbranched alkanes of at least 4 members (excludes halogenated alkanes) is 1. The lowest BCUT2D eigenvalue weighted by Crippen LogP contribution is -2.26. The molecule has 0 saturated carbocycles. The fourth-order valence-corrected chi connectivity index (χ4v) is 4.20. The highest BCUT2D eigenvalue weighted by molar-refractivity contribution is 5.96. The minimum Gasteiger partial charge on any atom is -0.294 e. The lowest BCUT2D eigenvalue weighted by Gasteiger charge is -2.14. The number of aromatic amines is 1. The minimum atomic E-state index is -0.583. The van der Waals surface area contributed by atoms with Gasteiger partial charge in [0.15, 0.2) is 5.82 Å². The van der Waals surface area contributed by atoms with Crippen molar-refractivity contribution < 1.29 is 4.79 Å². The van der Waals surface area contributed by atoms with E-state index in [-0.39, 0.29) is 11.5 Å². The van der Waals surface area contributed by atoms with Gasteiger partial charge in [-0.15, -0.1) is 5.10 Å². The molecule has 4 aromatic rings. The van der Waals surface area contributed by atoms with E-state index in [2.05, 4.69) is 37.8 Å². The van der Waals surface area contributed by atoms with Crippen LogP contribution in [0.25, 0.3) is 33.6 Å². The number of benzene rings is 2. The van der Waals surface area contributed by atoms with Crippen LogP contribution in [0, 0.1) is 0 Å². The van der Waals surface area contributed by atoms with Gasteiger partial charge in [-0.1, -0.05) is 61.9 Å². The van der Waals surface area contributed by atoms with Crippen LogP contribution in [0.3, 0.4) is 0 Å². The van der Waals surface area contributed by atoms with Gasteiger partial charge in [0.2, 0.25) is 11.9 Å². The van der Waals surface area contributed by atoms with Crippen molar-refractivity contribution in [1.82, 2.24) is 30.2 Å². The Morgan fingerprint density at radius 3 is 2.42 bits per heavy atom. The Morgan fingerprint density at radius 1 is 1.00 bits per heavy atom. The fraction of sp³-hybridized carbons (Fsp3) is 0.250. The molecule has 33 heavy (non-hydrogen) atoms. The van der Waals surface area contributed by atoms with E-state index in [0.717, 1.165) is 35.1 Å². The van der Waals surface area contributed by atoms with Crippen LogP contribution in [0.1, 0.15) is 38.4 Å². The largest absolute Gasteiger partial charge is 0.294 e. The summed E-state index contributed by atoms with van der Waals surface area (Å²) in [5.74, 6) is 0.703. The third kappa shape index (κ3) is 3.61. The molecule has 2 aromatic heterocycles. The van der Waals surface area contributed by atoms with Gasteiger partial charge in [0, 0.05) is 5.56 Å². The molecule has 0 bridgehead atoms. The molecule has 0 radical (unpaired) electrons. The molecule has 3 heterocycles. The van der Waals surface area contributed by atoms with E-state index in [1.807, 2.05) is 48.5 Å². The maximum Gasteiger partial charge on any atom is 0.263 e. The van der Waals surface area contributed by atoms with Gasteiger partial charge in [-0.25, -0.2) is 10.1 Å². The summed E-state index contributed by atoms with van der Waals surface area (Å²) in [5, 5.41) is 16.9. The molecule has 1 unspecified atom stereocenters. The van der Waals surface area contributed by atoms with Gasteiger partial charge in [-0.05, 0) is 46.9 Å². The summed E-state index contributed by atoms with van der Waals surface area (Å²) >= 11 is 0. The molecule has 0 fully saturated rings. The molecule has 166 valence electrons. The molecule has 2 N–H and O–H groups in total. The van der Waals surface area contributed by atoms with Crippen molar-refractivity contribution in [2.75, 3.05) is 5.32 Å². The van der Waals surface area contributed by atoms with Gasteiger partial charge < -0.3 is 0 Å². The Kier molecular flexibility index (Phi) is 5.29. The van der Waals surface area contributed by atoms with Crippen molar-refractivity contribution in [3.63, 3.8) is 0 Å². The van der Waals surface area contributed by atoms with Gasteiger partial charge in [0.05, 0.1) is 11.3 Å². The highest BCUT2D eigenvalue weighted by Crippen LogP contribution is 2.32. The molecule has 1 atom stereocenters. The molecule has 1 aliphatic heterocycles. The van der Waals surface area contributed by atoms with Crippen molar-refractivity contribution in [3.8, 4) is 33.6 Å². The molecule has 2 aromatic carbocycles. The van der Waals surface area contributed by atoms with E-state index in [1.54, 1.807) is 6.92 Å². The molecule has 0 spiro atoms. The summed E-state index contributed by atoms with van der Waals surface area (Å²) < 4.78 is 1.45. The van der Waals surface area contributed by atoms with Crippen LogP contribution in [0.15, 0.2) is 53.3 Å². The van der Waals surface area contributed by atoms with E-state index in [0.29, 0.717) is 29.5 Å². The number of tetrazole rings is 1. The predicted molar refractivity (Wildman–Crippen MR) is 124 cm³/mol. The summed E-state index contributed by atoms with van der Waals surface area (Å²) in [7, 11) is 0. The number of nitrogens with one attached hydrogen (secondary N) is 2. The number of carbonyl (C=O) groups is 1. The van der Waals surface area contributed by atoms with E-state index in [9.17, 15) is 9.59 Å². The lowest BCUT2D eigenvalue weighted by atomic mass is 9.96. The minimum absolute atomic E-state index is 0.196. The number of anilines is 1. The molecule has 1 aliphatic rings. The van der Waals surface area contributed by atoms with E-state index >= 15 is 0 Å². The molecular weight excluding hydrogens is 418 g/mol. The Labute approximate surface area is 189 Å². The molecular formula is C24H23N7O2. The lowest BCUT2D eigenvalue weighted by molar-refractivity contribution is -0.117. The number of aryl methyl sites for hydroxylation is 1. The van der Waals surface area contributed by atoms with Gasteiger partial charge in [-0.2, -0.15) is 0 Å². The van der Waals surface area contributed by atoms with Crippen LogP contribution in [0.4, 0.5) is 5.95 Å². The number of hydrogen-bond donors (Lipinski definition) is 2. The number of nitrogens with zero attached hydrogens (tertiary/aromatic N) is 5. The number of amides is 1. The summed E-state index contributed by atoms with van der Waals surface area (Å²) in [6.07, 6.45) is 2.56. The normalized spacial score (nSPS) is 14.8. The van der Waals surface area contributed by atoms with Crippen LogP contribution in [-0.2, 0) is 11.2 Å². The van der Waals surface area contributed by atoms with E-state index in [4.69, 9.17) is 0 Å². The first-order chi connectivity index (χ1) is 16.1. The number of aromatic nitrogens is 6. The number of hydrogen-bond acceptors (Lipinski definition) is 6. The van der Waals surface area contributed by atoms with Crippen LogP contribution in [0.2, 0.25) is 0 Å². The van der Waals surface area contributed by atoms with E-state index in [1.165, 1.54) is 4.57 Å². The third-order valence-electron chi connectivity index (χ3n) is 5.97. The number of H-pyrrole nitrogens is 1. The monoisotopic (exact) mass is 441 g/mol. The first-order valence-electron chi connectivity index (χ1n) is 11.0. The van der Waals surface area contributed by atoms with Crippen molar-refractivity contribution in [2.24, 2.45) is 0 Å². The van der Waals surface area contributed by atoms with Crippen molar-refractivity contribution in [2.45, 2.75) is 39.2 Å². The molecule has 5 rings (SSSR count). The fourth-order valence-electron chi connectivity index (χ4n) is 4.20. The van der Waals surface area contributed by atoms with Gasteiger partial charge in [-0.3, -0.25) is 19.5 Å². The summed E-state index contributed by atoms with van der Waals surface area (Å²) in [6, 6.07) is 15.1. The van der Waals surface area contributed by atoms with Crippen LogP contribution >= 0.6 is 0 Å². The second kappa shape index (κ2) is 8.42. The van der Waals surface area contributed by atoms with Crippen LogP contribution in [-0.4, -0.2) is 36.1 Å². The van der Waals surface area contributed by atoms with Gasteiger partial charge in [0.25, 0.3) is 5.56 Å². The first kappa shape index (κ1) is 20.7. The molecule has 0 saturated heterocycles. The highest BCUT2D eigenvalue weighted by Gasteiger charge is 2.31. The number of carbonyl (C=O) groups excluding carboxylic acids is 1. The second-order valence-electron chi connectivity index (χ2n) is 8.07. The maximum atomic E-state index is 13.5. The summed E-state index contributed by atoms with van der Waals surface area (Å²) in [4.78, 5) is 30.3. The zero-order chi connectivity index (χ0) is 22.9. The smallest absolute Gasteiger partial charge is 0.263 e. The topological polar surface area (TPSA) is 118 Å². The molecule has 9 nitrogen and oxygen atoms in total. The average Bonchev–Trinajstić information content (AvgIpc) is 3.46. The Balaban J connectivity index is 1.60. The Bertz CT molecular complexity index is 1380. The van der Waals surface area contributed by atoms with Gasteiger partial charge >= 0.3 is 0 Å². The standard InChI is InChI=1S/C24H23N7O2/c1-3-4-9-19-20(23(33)31-14(2)22(32)26-24(31)25-19)16-12-10-15(11-13-16)17-7-5-6-8-18(17)21-27-29-30-28-21/h5-8,10-14H,3-4,9H2,1-2H3,(H,25,26,32)(H,27,28,29,30). The van der Waals surface area contributed by atoms with Crippen molar-refractivity contribution >= 4 is 11.9 Å². The van der Waals surface area contributed by atoms with Crippen LogP contribution < -0.4 is 10.9 Å². The Hall–Kier alpha value is -4.14. The van der Waals surface area contributed by atoms with Crippen molar-refractivity contribution in [3.05, 3.63) is 64.6 Å². The average molecular weight is 441 g/mol. The first-order valence-corrected chi connectivity index (χ1v) is 11.0. The zero-order valence-corrected chi connectivity index (χ0v) is 18.4. The second-order valence-corrected chi connectivity index (χ2v) is 8.07. The quantitative estimate of drug-likeness (QED) is 0.472. The summed E-state index contributed by atoms with van der Waals surface area (Å²) in [5.41, 5.74) is 4.68. The predicted octanol–water partition coefficient (Wildman–Crippen LogP) is 3.61. The third-order valence-corrected chi connectivity index (χ3v) is 5.97. The van der Waals surface area contributed by atoms with Crippen molar-refractivity contribution in [1.29, 1.82) is 0 Å². The van der Waals surface area contributed by atoms with E-state index < -0.39 is 6.04 Å². The Morgan fingerprint density at radius 2 is 1.73 bits per heavy atom. The zero-order valence-electron chi connectivity index (χ0n) is 18.4.